The van der Waals surface area contributed by atoms with Gasteiger partial charge < -0.3 is 0 Å². The van der Waals surface area contributed by atoms with Gasteiger partial charge in [-0.25, -0.2) is 0 Å². The van der Waals surface area contributed by atoms with Crippen molar-refractivity contribution in [1.82, 2.24) is 0 Å². The number of benzene rings is 4. The number of allylic oxidation sites excluding steroid dienone is 2. The third-order valence-corrected chi connectivity index (χ3v) is 42.2. The molecule has 0 amide bonds. The molecule has 0 saturated heterocycles. The molecule has 0 N–H and O–H groups in total. The second-order valence-electron chi connectivity index (χ2n) is 15.5. The molecule has 2 aliphatic rings. The van der Waals surface area contributed by atoms with Crippen LogP contribution in [0, 0.1) is 11.8 Å². The van der Waals surface area contributed by atoms with Crippen LogP contribution in [0.15, 0.2) is 96.1 Å². The molecule has 2 heteroatoms. The van der Waals surface area contributed by atoms with Crippen molar-refractivity contribution in [2.45, 2.75) is 101 Å². The van der Waals surface area contributed by atoms with E-state index in [2.05, 4.69) is 166 Å². The summed E-state index contributed by atoms with van der Waals surface area (Å²) in [5, 5.41) is 0. The molecular formula is C46H57HfSi. The first kappa shape index (κ1) is 35.3. The summed E-state index contributed by atoms with van der Waals surface area (Å²) >= 11 is -2.52. The Morgan fingerprint density at radius 3 is 1.25 bits per heavy atom. The van der Waals surface area contributed by atoms with Crippen molar-refractivity contribution in [3.05, 3.63) is 129 Å². The summed E-state index contributed by atoms with van der Waals surface area (Å²) in [5.41, 5.74) is 18.6. The first-order valence-electron chi connectivity index (χ1n) is 18.8. The van der Waals surface area contributed by atoms with Gasteiger partial charge in [-0.15, -0.1) is 0 Å². The van der Waals surface area contributed by atoms with Crippen LogP contribution in [-0.2, 0) is 20.6 Å². The van der Waals surface area contributed by atoms with E-state index >= 15 is 0 Å². The fraction of sp³-hybridized carbons (Fsp3) is 0.391. The Balaban J connectivity index is 1.57. The standard InChI is InChI=1S/2C22H25.C2H7Si.Hf/c2*1-5-16(4)18-13-17-9-8-12-21(22(17)14-18)20-11-7-6-10-19(20)15(2)3;1-3-2;/h2*6-16H,5H2,1-4H3;3H,1-2H3;. The predicted octanol–water partition coefficient (Wildman–Crippen LogP) is 13.5. The topological polar surface area (TPSA) is 0 Å². The first-order valence-corrected chi connectivity index (χ1v) is 32.1. The van der Waals surface area contributed by atoms with Gasteiger partial charge in [0.25, 0.3) is 0 Å². The average molecular weight is 817 g/mol. The molecule has 0 nitrogen and oxygen atoms in total. The van der Waals surface area contributed by atoms with Gasteiger partial charge in [0.05, 0.1) is 0 Å². The molecule has 0 heterocycles. The summed E-state index contributed by atoms with van der Waals surface area (Å²) in [6, 6.07) is 33.1. The van der Waals surface area contributed by atoms with Crippen LogP contribution >= 0.6 is 0 Å². The van der Waals surface area contributed by atoms with Crippen molar-refractivity contribution in [3.8, 4) is 22.3 Å². The van der Waals surface area contributed by atoms with E-state index in [9.17, 15) is 0 Å². The molecule has 2 aliphatic carbocycles. The van der Waals surface area contributed by atoms with E-state index in [0.29, 0.717) is 31.0 Å². The van der Waals surface area contributed by atoms with E-state index in [1.54, 1.807) is 22.3 Å². The average Bonchev–Trinajstić information content (AvgIpc) is 3.67. The zero-order valence-electron chi connectivity index (χ0n) is 31.2. The zero-order chi connectivity index (χ0) is 34.3. The summed E-state index contributed by atoms with van der Waals surface area (Å²) < 4.78 is 1.32. The third-order valence-electron chi connectivity index (χ3n) is 11.6. The van der Waals surface area contributed by atoms with Crippen molar-refractivity contribution in [3.63, 3.8) is 0 Å². The zero-order valence-corrected chi connectivity index (χ0v) is 35.9. The summed E-state index contributed by atoms with van der Waals surface area (Å²) in [7, 11) is 0. The molecule has 0 spiro atoms. The molecule has 4 aromatic carbocycles. The molecule has 48 heavy (non-hydrogen) atoms. The fourth-order valence-corrected chi connectivity index (χ4v) is 41.5. The summed E-state index contributed by atoms with van der Waals surface area (Å²) in [6.45, 7) is 24.7. The second-order valence-corrected chi connectivity index (χ2v) is 43.5. The normalized spacial score (nSPS) is 18.2. The van der Waals surface area contributed by atoms with Crippen LogP contribution in [0.25, 0.3) is 34.4 Å². The van der Waals surface area contributed by atoms with Gasteiger partial charge in [-0.3, -0.25) is 0 Å². The molecule has 4 unspecified atom stereocenters. The monoisotopic (exact) mass is 817 g/mol. The van der Waals surface area contributed by atoms with Crippen LogP contribution < -0.4 is 0 Å². The van der Waals surface area contributed by atoms with E-state index in [1.165, 1.54) is 57.3 Å². The minimum absolute atomic E-state index is 0.496. The van der Waals surface area contributed by atoms with Gasteiger partial charge in [0.2, 0.25) is 0 Å². The summed E-state index contributed by atoms with van der Waals surface area (Å²) in [6.07, 6.45) is 7.83. The van der Waals surface area contributed by atoms with Crippen LogP contribution in [0.1, 0.15) is 121 Å². The Hall–Kier alpha value is -2.55. The molecule has 0 bridgehead atoms. The van der Waals surface area contributed by atoms with E-state index in [1.807, 2.05) is 0 Å². The molecular weight excluding hydrogens is 759 g/mol. The van der Waals surface area contributed by atoms with Crippen LogP contribution in [0.4, 0.5) is 0 Å². The molecule has 0 radical (unpaired) electrons. The second kappa shape index (κ2) is 14.7. The minimum atomic E-state index is -2.52. The summed E-state index contributed by atoms with van der Waals surface area (Å²) in [4.78, 5) is 0. The van der Waals surface area contributed by atoms with Crippen molar-refractivity contribution in [1.29, 1.82) is 0 Å². The third kappa shape index (κ3) is 6.30. The Bertz CT molecular complexity index is 1710. The molecule has 0 fully saturated rings. The quantitative estimate of drug-likeness (QED) is 0.132. The Kier molecular flexibility index (Phi) is 10.8. The maximum absolute atomic E-state index is 2.73. The van der Waals surface area contributed by atoms with Crippen LogP contribution in [-0.4, -0.2) is 5.98 Å². The maximum atomic E-state index is 2.73. The van der Waals surface area contributed by atoms with E-state index < -0.39 is 26.6 Å². The number of hydrogen-bond donors (Lipinski definition) is 0. The van der Waals surface area contributed by atoms with Crippen LogP contribution in [0.5, 0.6) is 0 Å². The van der Waals surface area contributed by atoms with Crippen LogP contribution in [0.3, 0.4) is 0 Å². The molecule has 4 atom stereocenters. The van der Waals surface area contributed by atoms with E-state index in [0.717, 1.165) is 0 Å². The van der Waals surface area contributed by atoms with Gasteiger partial charge in [-0.05, 0) is 0 Å². The molecule has 4 aromatic rings. The van der Waals surface area contributed by atoms with Gasteiger partial charge in [0, 0.05) is 0 Å². The van der Waals surface area contributed by atoms with Crippen molar-refractivity contribution < 1.29 is 20.6 Å². The van der Waals surface area contributed by atoms with Gasteiger partial charge in [0.15, 0.2) is 0 Å². The number of hydrogen-bond acceptors (Lipinski definition) is 0. The summed E-state index contributed by atoms with van der Waals surface area (Å²) in [5.74, 6) is 1.20. The van der Waals surface area contributed by atoms with Gasteiger partial charge in [0.1, 0.15) is 0 Å². The molecule has 0 aromatic heterocycles. The SMILES string of the molecule is CCC(C)C1=Cc2c(-c3ccccc3C(C)C)cccc2[CH]1[Hf]([CH]1C(C(C)CC)=Cc2c(-c3ccccc3C(C)C)cccc21)[SiH](C)C. The fourth-order valence-electron chi connectivity index (χ4n) is 8.71. The van der Waals surface area contributed by atoms with Gasteiger partial charge in [-0.1, -0.05) is 0 Å². The molecule has 6 rings (SSSR count). The van der Waals surface area contributed by atoms with Gasteiger partial charge in [-0.2, -0.15) is 0 Å². The van der Waals surface area contributed by atoms with Crippen molar-refractivity contribution in [2.75, 3.05) is 0 Å². The number of fused-ring (bicyclic) bond motifs is 2. The first-order chi connectivity index (χ1) is 23.1. The number of rotatable bonds is 11. The molecule has 0 saturated carbocycles. The molecule has 249 valence electrons. The van der Waals surface area contributed by atoms with Gasteiger partial charge >= 0.3 is 303 Å². The van der Waals surface area contributed by atoms with Crippen molar-refractivity contribution in [2.24, 2.45) is 11.8 Å². The predicted molar refractivity (Wildman–Crippen MR) is 211 cm³/mol. The van der Waals surface area contributed by atoms with E-state index in [4.69, 9.17) is 0 Å². The Morgan fingerprint density at radius 1 is 0.521 bits per heavy atom. The van der Waals surface area contributed by atoms with E-state index in [-0.39, 0.29) is 0 Å². The Morgan fingerprint density at radius 2 is 0.896 bits per heavy atom. The van der Waals surface area contributed by atoms with Crippen LogP contribution in [0.2, 0.25) is 13.1 Å². The molecule has 0 aliphatic heterocycles. The van der Waals surface area contributed by atoms with Crippen molar-refractivity contribution >= 4 is 18.1 Å². The Labute approximate surface area is 300 Å².